The van der Waals surface area contributed by atoms with Crippen molar-refractivity contribution < 1.29 is 4.74 Å². The van der Waals surface area contributed by atoms with Crippen LogP contribution in [0.1, 0.15) is 0 Å². The van der Waals surface area contributed by atoms with Gasteiger partial charge in [-0.1, -0.05) is 11.6 Å². The van der Waals surface area contributed by atoms with E-state index < -0.39 is 0 Å². The van der Waals surface area contributed by atoms with Crippen molar-refractivity contribution in [3.63, 3.8) is 0 Å². The van der Waals surface area contributed by atoms with Gasteiger partial charge in [0, 0.05) is 6.07 Å². The zero-order valence-corrected chi connectivity index (χ0v) is 8.64. The molecule has 7 heteroatoms. The highest BCUT2D eigenvalue weighted by Crippen LogP contribution is 2.15. The minimum Gasteiger partial charge on any atom is -0.481 e. The minimum absolute atomic E-state index is 0.121. The number of nitrogens with zero attached hydrogens (tertiary/aromatic N) is 4. The van der Waals surface area contributed by atoms with Gasteiger partial charge in [0.15, 0.2) is 5.82 Å². The second-order valence-corrected chi connectivity index (χ2v) is 3.17. The van der Waals surface area contributed by atoms with E-state index in [0.29, 0.717) is 16.7 Å². The predicted molar refractivity (Wildman–Crippen MR) is 55.1 cm³/mol. The first-order valence-corrected chi connectivity index (χ1v) is 4.46. The first kappa shape index (κ1) is 9.72. The van der Waals surface area contributed by atoms with Crippen molar-refractivity contribution in [1.29, 1.82) is 0 Å². The summed E-state index contributed by atoms with van der Waals surface area (Å²) in [5.74, 6) is 1.01. The Morgan fingerprint density at radius 1 is 1.47 bits per heavy atom. The van der Waals surface area contributed by atoms with E-state index in [2.05, 4.69) is 15.1 Å². The van der Waals surface area contributed by atoms with Gasteiger partial charge in [0.2, 0.25) is 11.8 Å². The van der Waals surface area contributed by atoms with Crippen molar-refractivity contribution in [3.05, 3.63) is 23.5 Å². The topological polar surface area (TPSA) is 78.8 Å². The summed E-state index contributed by atoms with van der Waals surface area (Å²) in [4.78, 5) is 7.85. The van der Waals surface area contributed by atoms with Crippen LogP contribution in [-0.2, 0) is 0 Å². The number of nitrogen functional groups attached to an aromatic ring is 1. The van der Waals surface area contributed by atoms with Gasteiger partial charge in [0.05, 0.1) is 24.5 Å². The summed E-state index contributed by atoms with van der Waals surface area (Å²) < 4.78 is 6.45. The van der Waals surface area contributed by atoms with Crippen LogP contribution in [0.5, 0.6) is 5.88 Å². The van der Waals surface area contributed by atoms with Crippen molar-refractivity contribution >= 4 is 17.5 Å². The van der Waals surface area contributed by atoms with Crippen molar-refractivity contribution in [2.45, 2.75) is 0 Å². The van der Waals surface area contributed by atoms with E-state index in [1.807, 2.05) is 0 Å². The predicted octanol–water partition coefficient (Wildman–Crippen LogP) is 0.906. The number of hydrogen-bond donors (Lipinski definition) is 1. The first-order chi connectivity index (χ1) is 7.19. The minimum atomic E-state index is 0.121. The summed E-state index contributed by atoms with van der Waals surface area (Å²) in [7, 11) is 1.50. The van der Waals surface area contributed by atoms with Crippen LogP contribution in [0, 0.1) is 0 Å². The number of ether oxygens (including phenoxy) is 1. The molecule has 0 aliphatic carbocycles. The van der Waals surface area contributed by atoms with Crippen molar-refractivity contribution in [2.24, 2.45) is 0 Å². The fourth-order valence-electron chi connectivity index (χ4n) is 1.08. The van der Waals surface area contributed by atoms with E-state index in [0.717, 1.165) is 0 Å². The van der Waals surface area contributed by atoms with E-state index in [4.69, 9.17) is 22.1 Å². The van der Waals surface area contributed by atoms with Crippen molar-refractivity contribution in [2.75, 3.05) is 12.8 Å². The fourth-order valence-corrected chi connectivity index (χ4v) is 1.21. The molecule has 0 atom stereocenters. The third-order valence-corrected chi connectivity index (χ3v) is 1.90. The molecule has 0 aliphatic rings. The molecule has 0 radical (unpaired) electrons. The molecule has 78 valence electrons. The second kappa shape index (κ2) is 3.74. The van der Waals surface area contributed by atoms with Gasteiger partial charge >= 0.3 is 0 Å². The van der Waals surface area contributed by atoms with E-state index in [1.54, 1.807) is 12.3 Å². The molecule has 0 amide bonds. The average Bonchev–Trinajstić information content (AvgIpc) is 2.64. The zero-order valence-electron chi connectivity index (χ0n) is 7.88. The Labute approximate surface area is 90.7 Å². The Kier molecular flexibility index (Phi) is 2.42. The normalized spacial score (nSPS) is 10.3. The third-order valence-electron chi connectivity index (χ3n) is 1.70. The Balaban J connectivity index is 2.48. The van der Waals surface area contributed by atoms with E-state index in [-0.39, 0.29) is 5.95 Å². The largest absolute Gasteiger partial charge is 0.481 e. The molecule has 2 N–H and O–H groups in total. The van der Waals surface area contributed by atoms with Crippen molar-refractivity contribution in [3.8, 4) is 11.7 Å². The number of aromatic nitrogens is 4. The quantitative estimate of drug-likeness (QED) is 0.822. The number of rotatable bonds is 2. The standard InChI is InChI=1S/C8H8ClN5O/c1-15-7-2-6(12-8(10)13-7)14-4-5(9)3-11-14/h2-4H,1H3,(H2,10,12,13). The molecule has 15 heavy (non-hydrogen) atoms. The van der Waals surface area contributed by atoms with Gasteiger partial charge in [-0.2, -0.15) is 15.1 Å². The summed E-state index contributed by atoms with van der Waals surface area (Å²) in [6.45, 7) is 0. The monoisotopic (exact) mass is 225 g/mol. The highest BCUT2D eigenvalue weighted by atomic mass is 35.5. The van der Waals surface area contributed by atoms with Crippen molar-refractivity contribution in [1.82, 2.24) is 19.7 Å². The summed E-state index contributed by atoms with van der Waals surface area (Å²) in [5.41, 5.74) is 5.50. The maximum absolute atomic E-state index is 5.73. The number of anilines is 1. The lowest BCUT2D eigenvalue weighted by molar-refractivity contribution is 0.397. The molecule has 2 rings (SSSR count). The maximum Gasteiger partial charge on any atom is 0.225 e. The molecule has 0 unspecified atom stereocenters. The van der Waals surface area contributed by atoms with Gasteiger partial charge in [0.1, 0.15) is 0 Å². The molecule has 2 heterocycles. The van der Waals surface area contributed by atoms with Gasteiger partial charge < -0.3 is 10.5 Å². The molecule has 0 bridgehead atoms. The number of halogens is 1. The second-order valence-electron chi connectivity index (χ2n) is 2.73. The fraction of sp³-hybridized carbons (Fsp3) is 0.125. The molecule has 6 nitrogen and oxygen atoms in total. The molecule has 0 aliphatic heterocycles. The summed E-state index contributed by atoms with van der Waals surface area (Å²) >= 11 is 5.73. The number of methoxy groups -OCH3 is 1. The van der Waals surface area contributed by atoms with Gasteiger partial charge in [0.25, 0.3) is 0 Å². The van der Waals surface area contributed by atoms with E-state index in [9.17, 15) is 0 Å². The lowest BCUT2D eigenvalue weighted by Gasteiger charge is -2.03. The smallest absolute Gasteiger partial charge is 0.225 e. The zero-order chi connectivity index (χ0) is 10.8. The third kappa shape index (κ3) is 1.99. The van der Waals surface area contributed by atoms with E-state index >= 15 is 0 Å². The Bertz CT molecular complexity index is 484. The van der Waals surface area contributed by atoms with Gasteiger partial charge in [-0.05, 0) is 0 Å². The number of nitrogens with two attached hydrogens (primary N) is 1. The van der Waals surface area contributed by atoms with Gasteiger partial charge in [-0.25, -0.2) is 4.68 Å². The highest BCUT2D eigenvalue weighted by molar-refractivity contribution is 6.30. The van der Waals surface area contributed by atoms with Crippen LogP contribution in [0.4, 0.5) is 5.95 Å². The Hall–Kier alpha value is -1.82. The lowest BCUT2D eigenvalue weighted by Crippen LogP contribution is -2.04. The summed E-state index contributed by atoms with van der Waals surface area (Å²) in [6.07, 6.45) is 3.12. The van der Waals surface area contributed by atoms with Crippen LogP contribution in [0.3, 0.4) is 0 Å². The van der Waals surface area contributed by atoms with E-state index in [1.165, 1.54) is 18.0 Å². The maximum atomic E-state index is 5.73. The SMILES string of the molecule is COc1cc(-n2cc(Cl)cn2)nc(N)n1. The van der Waals surface area contributed by atoms with Crippen LogP contribution in [0.2, 0.25) is 5.02 Å². The van der Waals surface area contributed by atoms with Gasteiger partial charge in [-0.3, -0.25) is 0 Å². The molecular weight excluding hydrogens is 218 g/mol. The van der Waals surface area contributed by atoms with Crippen LogP contribution in [-0.4, -0.2) is 26.9 Å². The van der Waals surface area contributed by atoms with Crippen LogP contribution >= 0.6 is 11.6 Å². The molecule has 0 saturated heterocycles. The molecule has 0 saturated carbocycles. The average molecular weight is 226 g/mol. The van der Waals surface area contributed by atoms with Crippen LogP contribution < -0.4 is 10.5 Å². The Morgan fingerprint density at radius 2 is 2.27 bits per heavy atom. The molecular formula is C8H8ClN5O. The number of hydrogen-bond acceptors (Lipinski definition) is 5. The summed E-state index contributed by atoms with van der Waals surface area (Å²) in [5, 5.41) is 4.51. The summed E-state index contributed by atoms with van der Waals surface area (Å²) in [6, 6.07) is 1.61. The molecule has 0 spiro atoms. The van der Waals surface area contributed by atoms with Crippen LogP contribution in [0.25, 0.3) is 5.82 Å². The molecule has 2 aromatic rings. The first-order valence-electron chi connectivity index (χ1n) is 4.08. The lowest BCUT2D eigenvalue weighted by atomic mass is 10.5. The Morgan fingerprint density at radius 3 is 2.87 bits per heavy atom. The van der Waals surface area contributed by atoms with Gasteiger partial charge in [-0.15, -0.1) is 0 Å². The van der Waals surface area contributed by atoms with Crippen LogP contribution in [0.15, 0.2) is 18.5 Å². The highest BCUT2D eigenvalue weighted by Gasteiger charge is 2.05. The molecule has 0 fully saturated rings. The molecule has 2 aromatic heterocycles. The molecule has 0 aromatic carbocycles.